The molecule has 17 heavy (non-hydrogen) atoms. The summed E-state index contributed by atoms with van der Waals surface area (Å²) in [5.74, 6) is 0. The van der Waals surface area contributed by atoms with Gasteiger partial charge in [0.25, 0.3) is 0 Å². The molecule has 1 N–H and O–H groups in total. The Morgan fingerprint density at radius 1 is 1.29 bits per heavy atom. The summed E-state index contributed by atoms with van der Waals surface area (Å²) in [5, 5.41) is 11.5. The van der Waals surface area contributed by atoms with Crippen molar-refractivity contribution < 1.29 is 5.11 Å². The van der Waals surface area contributed by atoms with Crippen molar-refractivity contribution in [1.82, 2.24) is 4.98 Å². The Morgan fingerprint density at radius 3 is 2.76 bits per heavy atom. The number of fused-ring (bicyclic) bond motifs is 1. The average molecular weight is 268 g/mol. The van der Waals surface area contributed by atoms with Crippen molar-refractivity contribution in [3.8, 4) is 0 Å². The molecule has 0 aliphatic carbocycles. The molecule has 90 valence electrons. The SMILES string of the molecule is CC(O)C(C)Sc1ccnc2cc(Cl)ccc12. The van der Waals surface area contributed by atoms with Gasteiger partial charge in [-0.25, -0.2) is 0 Å². The monoisotopic (exact) mass is 267 g/mol. The van der Waals surface area contributed by atoms with E-state index in [-0.39, 0.29) is 11.4 Å². The van der Waals surface area contributed by atoms with Crippen LogP contribution in [0, 0.1) is 0 Å². The first-order valence-corrected chi connectivity index (χ1v) is 6.72. The highest BCUT2D eigenvalue weighted by Crippen LogP contribution is 2.31. The number of aliphatic hydroxyl groups excluding tert-OH is 1. The second-order valence-corrected chi connectivity index (χ2v) is 5.89. The van der Waals surface area contributed by atoms with E-state index in [1.165, 1.54) is 0 Å². The molecule has 0 saturated heterocycles. The minimum Gasteiger partial charge on any atom is -0.392 e. The summed E-state index contributed by atoms with van der Waals surface area (Å²) in [6.45, 7) is 3.81. The summed E-state index contributed by atoms with van der Waals surface area (Å²) in [4.78, 5) is 5.42. The van der Waals surface area contributed by atoms with Crippen LogP contribution in [0.1, 0.15) is 13.8 Å². The number of thioether (sulfide) groups is 1. The Bertz CT molecular complexity index is 530. The summed E-state index contributed by atoms with van der Waals surface area (Å²) >= 11 is 7.59. The normalized spacial score (nSPS) is 14.8. The zero-order chi connectivity index (χ0) is 12.4. The maximum Gasteiger partial charge on any atom is 0.0728 e. The summed E-state index contributed by atoms with van der Waals surface area (Å²) in [7, 11) is 0. The molecule has 1 aromatic carbocycles. The third-order valence-corrected chi connectivity index (χ3v) is 4.27. The van der Waals surface area contributed by atoms with E-state index >= 15 is 0 Å². The van der Waals surface area contributed by atoms with E-state index in [0.29, 0.717) is 5.02 Å². The first-order chi connectivity index (χ1) is 8.08. The fourth-order valence-electron chi connectivity index (χ4n) is 1.50. The minimum absolute atomic E-state index is 0.149. The lowest BCUT2D eigenvalue weighted by atomic mass is 10.2. The summed E-state index contributed by atoms with van der Waals surface area (Å²) in [6, 6.07) is 7.66. The third kappa shape index (κ3) is 2.92. The molecule has 1 aromatic heterocycles. The molecule has 4 heteroatoms. The molecule has 2 rings (SSSR count). The van der Waals surface area contributed by atoms with Crippen molar-refractivity contribution in [2.45, 2.75) is 30.1 Å². The van der Waals surface area contributed by atoms with Gasteiger partial charge in [-0.3, -0.25) is 4.98 Å². The largest absolute Gasteiger partial charge is 0.392 e. The standard InChI is InChI=1S/C13H14ClNOS/c1-8(16)9(2)17-13-5-6-15-12-7-10(14)3-4-11(12)13/h3-9,16H,1-2H3. The van der Waals surface area contributed by atoms with Crippen LogP contribution in [-0.4, -0.2) is 21.4 Å². The molecule has 0 radical (unpaired) electrons. The molecule has 0 spiro atoms. The van der Waals surface area contributed by atoms with Gasteiger partial charge in [0.1, 0.15) is 0 Å². The van der Waals surface area contributed by atoms with E-state index in [1.54, 1.807) is 24.9 Å². The smallest absolute Gasteiger partial charge is 0.0728 e. The second-order valence-electron chi connectivity index (χ2n) is 4.03. The van der Waals surface area contributed by atoms with Gasteiger partial charge in [0, 0.05) is 26.8 Å². The van der Waals surface area contributed by atoms with Gasteiger partial charge in [-0.15, -0.1) is 11.8 Å². The number of hydrogen-bond acceptors (Lipinski definition) is 3. The summed E-state index contributed by atoms with van der Waals surface area (Å²) in [5.41, 5.74) is 0.889. The average Bonchev–Trinajstić information content (AvgIpc) is 2.28. The van der Waals surface area contributed by atoms with E-state index < -0.39 is 0 Å². The molecule has 2 aromatic rings. The van der Waals surface area contributed by atoms with Gasteiger partial charge in [-0.2, -0.15) is 0 Å². The molecule has 2 nitrogen and oxygen atoms in total. The zero-order valence-electron chi connectivity index (χ0n) is 9.72. The van der Waals surface area contributed by atoms with Crippen molar-refractivity contribution in [2.75, 3.05) is 0 Å². The predicted octanol–water partition coefficient (Wildman–Crippen LogP) is 3.75. The molecule has 1 heterocycles. The molecule has 0 saturated carbocycles. The van der Waals surface area contributed by atoms with Crippen LogP contribution in [0.4, 0.5) is 0 Å². The lowest BCUT2D eigenvalue weighted by molar-refractivity contribution is 0.196. The van der Waals surface area contributed by atoms with E-state index in [0.717, 1.165) is 15.8 Å². The molecule has 0 amide bonds. The van der Waals surface area contributed by atoms with E-state index in [2.05, 4.69) is 4.98 Å². The predicted molar refractivity (Wildman–Crippen MR) is 73.8 cm³/mol. The van der Waals surface area contributed by atoms with Gasteiger partial charge in [0.15, 0.2) is 0 Å². The van der Waals surface area contributed by atoms with Crippen molar-refractivity contribution >= 4 is 34.3 Å². The van der Waals surface area contributed by atoms with Gasteiger partial charge in [-0.1, -0.05) is 24.6 Å². The lowest BCUT2D eigenvalue weighted by Crippen LogP contribution is -2.14. The first kappa shape index (κ1) is 12.7. The van der Waals surface area contributed by atoms with E-state index in [1.807, 2.05) is 31.2 Å². The van der Waals surface area contributed by atoms with E-state index in [4.69, 9.17) is 11.6 Å². The molecule has 2 unspecified atom stereocenters. The van der Waals surface area contributed by atoms with Gasteiger partial charge < -0.3 is 5.11 Å². The summed E-state index contributed by atoms with van der Waals surface area (Å²) in [6.07, 6.45) is 1.44. The number of nitrogens with zero attached hydrogens (tertiary/aromatic N) is 1. The summed E-state index contributed by atoms with van der Waals surface area (Å²) < 4.78 is 0. The molecule has 0 aliphatic rings. The third-order valence-electron chi connectivity index (χ3n) is 2.66. The maximum atomic E-state index is 9.54. The van der Waals surface area contributed by atoms with Crippen LogP contribution in [0.25, 0.3) is 10.9 Å². The number of rotatable bonds is 3. The topological polar surface area (TPSA) is 33.1 Å². The van der Waals surface area contributed by atoms with Crippen molar-refractivity contribution in [3.63, 3.8) is 0 Å². The van der Waals surface area contributed by atoms with Crippen molar-refractivity contribution in [3.05, 3.63) is 35.5 Å². The fraction of sp³-hybridized carbons (Fsp3) is 0.308. The highest BCUT2D eigenvalue weighted by Gasteiger charge is 2.12. The molecule has 0 bridgehead atoms. The quantitative estimate of drug-likeness (QED) is 0.860. The van der Waals surface area contributed by atoms with Gasteiger partial charge in [0.05, 0.1) is 11.6 Å². The van der Waals surface area contributed by atoms with Gasteiger partial charge in [0.2, 0.25) is 0 Å². The number of aliphatic hydroxyl groups is 1. The van der Waals surface area contributed by atoms with Crippen LogP contribution in [0.15, 0.2) is 35.4 Å². The fourth-order valence-corrected chi connectivity index (χ4v) is 2.70. The van der Waals surface area contributed by atoms with Crippen LogP contribution in [0.3, 0.4) is 0 Å². The Balaban J connectivity index is 2.41. The number of aromatic nitrogens is 1. The molecule has 2 atom stereocenters. The van der Waals surface area contributed by atoms with E-state index in [9.17, 15) is 5.11 Å². The minimum atomic E-state index is -0.337. The molecule has 0 aliphatic heterocycles. The number of benzene rings is 1. The number of pyridine rings is 1. The van der Waals surface area contributed by atoms with Gasteiger partial charge >= 0.3 is 0 Å². The van der Waals surface area contributed by atoms with Gasteiger partial charge in [-0.05, 0) is 25.1 Å². The Kier molecular flexibility index (Phi) is 3.92. The molecular formula is C13H14ClNOS. The Morgan fingerprint density at radius 2 is 2.06 bits per heavy atom. The second kappa shape index (κ2) is 5.25. The highest BCUT2D eigenvalue weighted by molar-refractivity contribution is 8.00. The number of hydrogen-bond donors (Lipinski definition) is 1. The van der Waals surface area contributed by atoms with Crippen LogP contribution in [-0.2, 0) is 0 Å². The van der Waals surface area contributed by atoms with Crippen molar-refractivity contribution in [2.24, 2.45) is 0 Å². The Hall–Kier alpha value is -0.770. The van der Waals surface area contributed by atoms with Crippen LogP contribution < -0.4 is 0 Å². The molecular weight excluding hydrogens is 254 g/mol. The molecule has 0 fully saturated rings. The van der Waals surface area contributed by atoms with Crippen molar-refractivity contribution in [1.29, 1.82) is 0 Å². The maximum absolute atomic E-state index is 9.54. The van der Waals surface area contributed by atoms with Crippen LogP contribution in [0.2, 0.25) is 5.02 Å². The Labute approximate surface area is 110 Å². The first-order valence-electron chi connectivity index (χ1n) is 5.47. The zero-order valence-corrected chi connectivity index (χ0v) is 11.3. The van der Waals surface area contributed by atoms with Crippen LogP contribution in [0.5, 0.6) is 0 Å². The lowest BCUT2D eigenvalue weighted by Gasteiger charge is -2.15. The van der Waals surface area contributed by atoms with Crippen LogP contribution >= 0.6 is 23.4 Å². The number of halogens is 1. The highest BCUT2D eigenvalue weighted by atomic mass is 35.5.